The molecule has 0 bridgehead atoms. The summed E-state index contributed by atoms with van der Waals surface area (Å²) in [6, 6.07) is 13.3. The van der Waals surface area contributed by atoms with Crippen molar-refractivity contribution in [1.29, 1.82) is 0 Å². The average molecular weight is 250 g/mol. The van der Waals surface area contributed by atoms with Gasteiger partial charge in [-0.15, -0.1) is 11.3 Å². The van der Waals surface area contributed by atoms with E-state index in [1.165, 1.54) is 11.8 Å². The zero-order valence-corrected chi connectivity index (χ0v) is 9.98. The average Bonchev–Trinajstić information content (AvgIpc) is 2.81. The van der Waals surface area contributed by atoms with E-state index in [1.807, 2.05) is 47.8 Å². The second-order valence-corrected chi connectivity index (χ2v) is 5.16. The molecule has 0 aliphatic carbocycles. The standard InChI is InChI=1S/C11H10N2OS2/c14-11(16-10-7-4-8-15-10)13-12-9-5-2-1-3-6-9/h1-8,12H,(H,13,14). The van der Waals surface area contributed by atoms with Gasteiger partial charge in [0.1, 0.15) is 0 Å². The minimum absolute atomic E-state index is 0.119. The van der Waals surface area contributed by atoms with Crippen LogP contribution in [0.15, 0.2) is 52.1 Å². The highest BCUT2D eigenvalue weighted by Crippen LogP contribution is 2.23. The summed E-state index contributed by atoms with van der Waals surface area (Å²) in [5, 5.41) is 1.83. The van der Waals surface area contributed by atoms with Crippen LogP contribution in [0.5, 0.6) is 0 Å². The molecule has 0 aliphatic rings. The number of anilines is 1. The van der Waals surface area contributed by atoms with Crippen LogP contribution in [0.1, 0.15) is 0 Å². The third-order valence-electron chi connectivity index (χ3n) is 1.77. The van der Waals surface area contributed by atoms with Gasteiger partial charge >= 0.3 is 5.24 Å². The lowest BCUT2D eigenvalue weighted by Gasteiger charge is -2.06. The van der Waals surface area contributed by atoms with E-state index < -0.39 is 0 Å². The first kappa shape index (κ1) is 11.0. The number of carbonyl (C=O) groups excluding carboxylic acids is 1. The molecule has 0 radical (unpaired) electrons. The van der Waals surface area contributed by atoms with Crippen molar-refractivity contribution in [1.82, 2.24) is 5.43 Å². The molecule has 16 heavy (non-hydrogen) atoms. The van der Waals surface area contributed by atoms with Gasteiger partial charge in [-0.2, -0.15) is 0 Å². The Morgan fingerprint density at radius 1 is 1.12 bits per heavy atom. The molecule has 0 unspecified atom stereocenters. The number of amides is 1. The highest BCUT2D eigenvalue weighted by Gasteiger charge is 2.03. The van der Waals surface area contributed by atoms with E-state index in [9.17, 15) is 4.79 Å². The molecule has 2 N–H and O–H groups in total. The van der Waals surface area contributed by atoms with E-state index in [2.05, 4.69) is 10.9 Å². The largest absolute Gasteiger partial charge is 0.303 e. The van der Waals surface area contributed by atoms with Gasteiger partial charge in [-0.1, -0.05) is 24.3 Å². The Balaban J connectivity index is 1.80. The van der Waals surface area contributed by atoms with Gasteiger partial charge in [0.2, 0.25) is 0 Å². The molecule has 0 atom stereocenters. The van der Waals surface area contributed by atoms with Crippen LogP contribution < -0.4 is 10.9 Å². The molecule has 5 heteroatoms. The van der Waals surface area contributed by atoms with E-state index in [0.29, 0.717) is 0 Å². The summed E-state index contributed by atoms with van der Waals surface area (Å²) in [5.41, 5.74) is 6.32. The first-order valence-electron chi connectivity index (χ1n) is 4.67. The number of carbonyl (C=O) groups is 1. The monoisotopic (exact) mass is 250 g/mol. The number of hydrazine groups is 1. The fourth-order valence-electron chi connectivity index (χ4n) is 1.08. The maximum atomic E-state index is 11.5. The van der Waals surface area contributed by atoms with Crippen LogP contribution in [-0.2, 0) is 0 Å². The van der Waals surface area contributed by atoms with Crippen molar-refractivity contribution in [2.75, 3.05) is 5.43 Å². The van der Waals surface area contributed by atoms with E-state index >= 15 is 0 Å². The molecule has 0 saturated carbocycles. The summed E-state index contributed by atoms with van der Waals surface area (Å²) in [4.78, 5) is 11.5. The number of hydrogen-bond acceptors (Lipinski definition) is 4. The molecule has 2 aromatic rings. The first-order valence-corrected chi connectivity index (χ1v) is 6.36. The van der Waals surface area contributed by atoms with Crippen molar-refractivity contribution >= 4 is 34.0 Å². The molecule has 0 spiro atoms. The van der Waals surface area contributed by atoms with Crippen molar-refractivity contribution in [2.24, 2.45) is 0 Å². The van der Waals surface area contributed by atoms with Crippen molar-refractivity contribution in [2.45, 2.75) is 4.21 Å². The number of nitrogens with one attached hydrogen (secondary N) is 2. The van der Waals surface area contributed by atoms with Crippen LogP contribution >= 0.6 is 23.1 Å². The zero-order chi connectivity index (χ0) is 11.2. The predicted molar refractivity (Wildman–Crippen MR) is 68.8 cm³/mol. The maximum absolute atomic E-state index is 11.5. The van der Waals surface area contributed by atoms with Gasteiger partial charge in [-0.3, -0.25) is 15.6 Å². The van der Waals surface area contributed by atoms with Crippen molar-refractivity contribution in [3.63, 3.8) is 0 Å². The number of thioether (sulfide) groups is 1. The van der Waals surface area contributed by atoms with E-state index in [-0.39, 0.29) is 5.24 Å². The van der Waals surface area contributed by atoms with Gasteiger partial charge in [-0.05, 0) is 35.3 Å². The van der Waals surface area contributed by atoms with Crippen molar-refractivity contribution in [3.05, 3.63) is 47.8 Å². The Kier molecular flexibility index (Phi) is 3.85. The number of hydrogen-bond donors (Lipinski definition) is 2. The lowest BCUT2D eigenvalue weighted by molar-refractivity contribution is 0.262. The van der Waals surface area contributed by atoms with Crippen LogP contribution in [0.25, 0.3) is 0 Å². The molecule has 3 nitrogen and oxygen atoms in total. The van der Waals surface area contributed by atoms with E-state index in [1.54, 1.807) is 11.3 Å². The number of thiophene rings is 1. The van der Waals surface area contributed by atoms with Crippen LogP contribution in [0.3, 0.4) is 0 Å². The van der Waals surface area contributed by atoms with Gasteiger partial charge in [0, 0.05) is 0 Å². The highest BCUT2D eigenvalue weighted by atomic mass is 32.2. The van der Waals surface area contributed by atoms with Gasteiger partial charge in [0.25, 0.3) is 0 Å². The molecule has 0 aliphatic heterocycles. The van der Waals surface area contributed by atoms with Crippen LogP contribution in [0.4, 0.5) is 10.5 Å². The summed E-state index contributed by atoms with van der Waals surface area (Å²) < 4.78 is 0.979. The zero-order valence-electron chi connectivity index (χ0n) is 8.34. The van der Waals surface area contributed by atoms with Gasteiger partial charge in [0.05, 0.1) is 9.90 Å². The fourth-order valence-corrected chi connectivity index (χ4v) is 2.55. The Morgan fingerprint density at radius 2 is 1.94 bits per heavy atom. The Labute approximate surface area is 102 Å². The van der Waals surface area contributed by atoms with Gasteiger partial charge in [0.15, 0.2) is 0 Å². The van der Waals surface area contributed by atoms with Gasteiger partial charge in [-0.25, -0.2) is 0 Å². The lowest BCUT2D eigenvalue weighted by Crippen LogP contribution is -2.25. The predicted octanol–water partition coefficient (Wildman–Crippen LogP) is 3.58. The third kappa shape index (κ3) is 3.29. The third-order valence-corrected chi connectivity index (χ3v) is 3.60. The van der Waals surface area contributed by atoms with Crippen LogP contribution in [0, 0.1) is 0 Å². The molecule has 2 rings (SSSR count). The second-order valence-electron chi connectivity index (χ2n) is 2.94. The summed E-state index contributed by atoms with van der Waals surface area (Å²) in [7, 11) is 0. The second kappa shape index (κ2) is 5.58. The quantitative estimate of drug-likeness (QED) is 0.646. The van der Waals surface area contributed by atoms with Crippen molar-refractivity contribution < 1.29 is 4.79 Å². The molecule has 82 valence electrons. The molecule has 1 aromatic heterocycles. The number of rotatable bonds is 3. The molecular formula is C11H10N2OS2. The molecular weight excluding hydrogens is 240 g/mol. The van der Waals surface area contributed by atoms with E-state index in [0.717, 1.165) is 9.90 Å². The van der Waals surface area contributed by atoms with Gasteiger partial charge < -0.3 is 0 Å². The minimum Gasteiger partial charge on any atom is -0.298 e. The van der Waals surface area contributed by atoms with Crippen LogP contribution in [0.2, 0.25) is 0 Å². The van der Waals surface area contributed by atoms with E-state index in [4.69, 9.17) is 0 Å². The molecule has 1 amide bonds. The number of benzene rings is 1. The Morgan fingerprint density at radius 3 is 2.62 bits per heavy atom. The lowest BCUT2D eigenvalue weighted by atomic mass is 10.3. The summed E-state index contributed by atoms with van der Waals surface area (Å²) in [5.74, 6) is 0. The summed E-state index contributed by atoms with van der Waals surface area (Å²) in [6.07, 6.45) is 0. The topological polar surface area (TPSA) is 41.1 Å². The summed E-state index contributed by atoms with van der Waals surface area (Å²) >= 11 is 2.72. The summed E-state index contributed by atoms with van der Waals surface area (Å²) in [6.45, 7) is 0. The SMILES string of the molecule is O=C(NNc1ccccc1)Sc1cccs1. The molecule has 1 aromatic carbocycles. The van der Waals surface area contributed by atoms with Crippen molar-refractivity contribution in [3.8, 4) is 0 Å². The normalized spacial score (nSPS) is 9.75. The molecule has 1 heterocycles. The number of para-hydroxylation sites is 1. The Hall–Kier alpha value is -1.46. The highest BCUT2D eigenvalue weighted by molar-refractivity contribution is 8.14. The minimum atomic E-state index is -0.119. The molecule has 0 fully saturated rings. The smallest absolute Gasteiger partial charge is 0.298 e. The Bertz CT molecular complexity index is 442. The first-order chi connectivity index (χ1) is 7.84. The van der Waals surface area contributed by atoms with Crippen LogP contribution in [-0.4, -0.2) is 5.24 Å². The molecule has 0 saturated heterocycles. The fraction of sp³-hybridized carbons (Fsp3) is 0. The maximum Gasteiger partial charge on any atom is 0.303 e.